The van der Waals surface area contributed by atoms with Crippen LogP contribution >= 0.6 is 0 Å². The fourth-order valence-electron chi connectivity index (χ4n) is 3.51. The number of carbonyl (C=O) groups excluding carboxylic acids is 2. The average molecular weight is 400 g/mol. The van der Waals surface area contributed by atoms with Gasteiger partial charge >= 0.3 is 5.97 Å². The fraction of sp³-hybridized carbons (Fsp3) is 0.300. The summed E-state index contributed by atoms with van der Waals surface area (Å²) in [6.07, 6.45) is 1.02. The van der Waals surface area contributed by atoms with Gasteiger partial charge in [-0.3, -0.25) is 4.79 Å². The van der Waals surface area contributed by atoms with Crippen LogP contribution in [0.4, 0.5) is 5.69 Å². The van der Waals surface area contributed by atoms with E-state index in [1.807, 2.05) is 0 Å². The summed E-state index contributed by atoms with van der Waals surface area (Å²) in [5.74, 6) is -1.02. The maximum Gasteiger partial charge on any atom is 0.339 e. The summed E-state index contributed by atoms with van der Waals surface area (Å²) < 4.78 is 32.1. The van der Waals surface area contributed by atoms with Gasteiger partial charge in [-0.05, 0) is 42.7 Å². The summed E-state index contributed by atoms with van der Waals surface area (Å²) in [7, 11) is -3.57. The van der Waals surface area contributed by atoms with Gasteiger partial charge in [-0.1, -0.05) is 24.3 Å². The fourth-order valence-corrected chi connectivity index (χ4v) is 5.08. The molecular weight excluding hydrogens is 380 g/mol. The van der Waals surface area contributed by atoms with Crippen molar-refractivity contribution in [2.45, 2.75) is 30.3 Å². The van der Waals surface area contributed by atoms with Crippen molar-refractivity contribution in [2.24, 2.45) is 0 Å². The highest BCUT2D eigenvalue weighted by Crippen LogP contribution is 2.25. The quantitative estimate of drug-likeness (QED) is 0.794. The van der Waals surface area contributed by atoms with Crippen molar-refractivity contribution in [2.75, 3.05) is 18.4 Å². The number of esters is 1. The van der Waals surface area contributed by atoms with Crippen molar-refractivity contribution in [3.63, 3.8) is 0 Å². The number of nitrogens with one attached hydrogen (secondary N) is 1. The molecule has 0 saturated carbocycles. The Bertz CT molecular complexity index is 1030. The molecule has 7 nitrogen and oxygen atoms in total. The third kappa shape index (κ3) is 3.53. The lowest BCUT2D eigenvalue weighted by Gasteiger charge is -2.24. The molecule has 2 aromatic carbocycles. The monoisotopic (exact) mass is 400 g/mol. The third-order valence-corrected chi connectivity index (χ3v) is 6.88. The summed E-state index contributed by atoms with van der Waals surface area (Å²) in [5, 5.41) is 2.67. The number of carbonyl (C=O) groups is 2. The number of sulfonamides is 1. The van der Waals surface area contributed by atoms with Gasteiger partial charge in [0.2, 0.25) is 10.0 Å². The largest absolute Gasteiger partial charge is 0.448 e. The smallest absolute Gasteiger partial charge is 0.339 e. The Morgan fingerprint density at radius 1 is 1.07 bits per heavy atom. The molecule has 2 aliphatic heterocycles. The van der Waals surface area contributed by atoms with Crippen LogP contribution in [0.15, 0.2) is 53.4 Å². The number of benzene rings is 2. The van der Waals surface area contributed by atoms with E-state index in [1.54, 1.807) is 36.4 Å². The van der Waals surface area contributed by atoms with Gasteiger partial charge in [0.15, 0.2) is 6.10 Å². The summed E-state index contributed by atoms with van der Waals surface area (Å²) >= 11 is 0. The maximum atomic E-state index is 12.7. The van der Waals surface area contributed by atoms with Gasteiger partial charge in [0, 0.05) is 25.2 Å². The molecule has 2 heterocycles. The first-order valence-electron chi connectivity index (χ1n) is 9.15. The maximum absolute atomic E-state index is 12.7. The lowest BCUT2D eigenvalue weighted by atomic mass is 9.98. The highest BCUT2D eigenvalue weighted by Gasteiger charge is 2.31. The molecule has 4 rings (SSSR count). The van der Waals surface area contributed by atoms with Crippen molar-refractivity contribution in [3.8, 4) is 0 Å². The number of hydrogen-bond acceptors (Lipinski definition) is 5. The van der Waals surface area contributed by atoms with Crippen LogP contribution in [0.25, 0.3) is 0 Å². The molecule has 0 bridgehead atoms. The van der Waals surface area contributed by atoms with Gasteiger partial charge in [-0.25, -0.2) is 13.2 Å². The van der Waals surface area contributed by atoms with Gasteiger partial charge in [-0.2, -0.15) is 4.31 Å². The number of ether oxygens (including phenoxy) is 1. The second-order valence-corrected chi connectivity index (χ2v) is 8.82. The number of anilines is 1. The molecular formula is C20H20N2O5S. The Morgan fingerprint density at radius 3 is 2.61 bits per heavy atom. The second kappa shape index (κ2) is 7.37. The van der Waals surface area contributed by atoms with Crippen LogP contribution in [-0.2, 0) is 26.0 Å². The van der Waals surface area contributed by atoms with Crippen LogP contribution in [0.1, 0.15) is 28.8 Å². The van der Waals surface area contributed by atoms with Crippen molar-refractivity contribution in [1.29, 1.82) is 0 Å². The summed E-state index contributed by atoms with van der Waals surface area (Å²) in [6, 6.07) is 13.1. The summed E-state index contributed by atoms with van der Waals surface area (Å²) in [6.45, 7) is 1.02. The summed E-state index contributed by atoms with van der Waals surface area (Å²) in [4.78, 5) is 24.8. The second-order valence-electron chi connectivity index (χ2n) is 6.88. The predicted molar refractivity (Wildman–Crippen MR) is 102 cm³/mol. The number of hydrogen-bond donors (Lipinski definition) is 1. The zero-order valence-electron chi connectivity index (χ0n) is 15.1. The lowest BCUT2D eigenvalue weighted by molar-refractivity contribution is -0.125. The molecule has 2 aromatic rings. The average Bonchev–Trinajstić information content (AvgIpc) is 3.24. The normalized spacial score (nSPS) is 19.7. The standard InChI is InChI=1S/C20H20N2O5S/c23-19(18-12-14-6-1-2-9-17(14)20(24)27-18)21-15-7-5-8-16(13-15)28(25,26)22-10-3-4-11-22/h1-2,5-9,13,18H,3-4,10-12H2,(H,21,23)/t18-/m0/s1. The van der Waals surface area contributed by atoms with Crippen molar-refractivity contribution < 1.29 is 22.7 Å². The third-order valence-electron chi connectivity index (χ3n) is 4.99. The molecule has 0 spiro atoms. The van der Waals surface area contributed by atoms with Crippen LogP contribution in [0, 0.1) is 0 Å². The van der Waals surface area contributed by atoms with E-state index in [-0.39, 0.29) is 11.3 Å². The van der Waals surface area contributed by atoms with E-state index in [0.717, 1.165) is 18.4 Å². The Hall–Kier alpha value is -2.71. The molecule has 28 heavy (non-hydrogen) atoms. The van der Waals surface area contributed by atoms with E-state index in [9.17, 15) is 18.0 Å². The van der Waals surface area contributed by atoms with E-state index < -0.39 is 28.0 Å². The molecule has 1 saturated heterocycles. The number of nitrogens with zero attached hydrogens (tertiary/aromatic N) is 1. The minimum absolute atomic E-state index is 0.137. The van der Waals surface area contributed by atoms with Crippen molar-refractivity contribution in [3.05, 3.63) is 59.7 Å². The van der Waals surface area contributed by atoms with Gasteiger partial charge in [0.05, 0.1) is 10.5 Å². The number of cyclic esters (lactones) is 1. The molecule has 0 aromatic heterocycles. The van der Waals surface area contributed by atoms with E-state index in [4.69, 9.17) is 4.74 Å². The van der Waals surface area contributed by atoms with Gasteiger partial charge < -0.3 is 10.1 Å². The Morgan fingerprint density at radius 2 is 1.82 bits per heavy atom. The highest BCUT2D eigenvalue weighted by molar-refractivity contribution is 7.89. The predicted octanol–water partition coefficient (Wildman–Crippen LogP) is 2.19. The highest BCUT2D eigenvalue weighted by atomic mass is 32.2. The zero-order chi connectivity index (χ0) is 19.7. The number of fused-ring (bicyclic) bond motifs is 1. The van der Waals surface area contributed by atoms with Crippen LogP contribution in [-0.4, -0.2) is 43.8 Å². The first-order chi connectivity index (χ1) is 13.4. The first kappa shape index (κ1) is 18.6. The molecule has 1 fully saturated rings. The minimum Gasteiger partial charge on any atom is -0.448 e. The number of amides is 1. The molecule has 146 valence electrons. The molecule has 2 aliphatic rings. The van der Waals surface area contributed by atoms with Crippen molar-refractivity contribution in [1.82, 2.24) is 4.31 Å². The van der Waals surface area contributed by atoms with Crippen LogP contribution < -0.4 is 5.32 Å². The molecule has 1 N–H and O–H groups in total. The van der Waals surface area contributed by atoms with E-state index in [1.165, 1.54) is 16.4 Å². The molecule has 0 radical (unpaired) electrons. The minimum atomic E-state index is -3.57. The van der Waals surface area contributed by atoms with Crippen LogP contribution in [0.3, 0.4) is 0 Å². The van der Waals surface area contributed by atoms with Gasteiger partial charge in [0.1, 0.15) is 0 Å². The molecule has 8 heteroatoms. The van der Waals surface area contributed by atoms with E-state index in [0.29, 0.717) is 24.3 Å². The molecule has 0 unspecified atom stereocenters. The van der Waals surface area contributed by atoms with Gasteiger partial charge in [-0.15, -0.1) is 0 Å². The lowest BCUT2D eigenvalue weighted by Crippen LogP contribution is -2.38. The Kier molecular flexibility index (Phi) is 4.91. The van der Waals surface area contributed by atoms with Crippen LogP contribution in [0.5, 0.6) is 0 Å². The van der Waals surface area contributed by atoms with E-state index >= 15 is 0 Å². The SMILES string of the molecule is O=C1O[C@H](C(=O)Nc2cccc(S(=O)(=O)N3CCCC3)c2)Cc2ccccc21. The molecule has 0 aliphatic carbocycles. The molecule has 1 atom stereocenters. The Labute approximate surface area is 163 Å². The van der Waals surface area contributed by atoms with Crippen LogP contribution in [0.2, 0.25) is 0 Å². The van der Waals surface area contributed by atoms with E-state index in [2.05, 4.69) is 5.32 Å². The Balaban J connectivity index is 1.51. The molecule has 1 amide bonds. The van der Waals surface area contributed by atoms with Gasteiger partial charge in [0.25, 0.3) is 5.91 Å². The summed E-state index contributed by atoms with van der Waals surface area (Å²) in [5.41, 5.74) is 1.56. The first-order valence-corrected chi connectivity index (χ1v) is 10.6. The van der Waals surface area contributed by atoms with Crippen molar-refractivity contribution >= 4 is 27.6 Å². The zero-order valence-corrected chi connectivity index (χ0v) is 15.9. The number of rotatable bonds is 4. The topological polar surface area (TPSA) is 92.8 Å².